The van der Waals surface area contributed by atoms with Crippen LogP contribution in [0.2, 0.25) is 0 Å². The van der Waals surface area contributed by atoms with Crippen LogP contribution in [-0.4, -0.2) is 17.5 Å². The summed E-state index contributed by atoms with van der Waals surface area (Å²) in [5, 5.41) is 0.893. The maximum absolute atomic E-state index is 11.0. The molecule has 16 heavy (non-hydrogen) atoms. The first kappa shape index (κ1) is 10.5. The number of aromatic nitrogens is 1. The number of benzene rings is 1. The third kappa shape index (κ3) is 1.86. The summed E-state index contributed by atoms with van der Waals surface area (Å²) in [7, 11) is 0. The van der Waals surface area contributed by atoms with Crippen molar-refractivity contribution >= 4 is 16.8 Å². The summed E-state index contributed by atoms with van der Waals surface area (Å²) < 4.78 is 5.59. The van der Waals surface area contributed by atoms with Crippen molar-refractivity contribution < 1.29 is 9.53 Å². The molecule has 0 aliphatic heterocycles. The highest BCUT2D eigenvalue weighted by molar-refractivity contribution is 5.98. The number of carbonyl (C=O) groups excluding carboxylic acids is 1. The van der Waals surface area contributed by atoms with Gasteiger partial charge in [-0.25, -0.2) is 0 Å². The summed E-state index contributed by atoms with van der Waals surface area (Å²) in [4.78, 5) is 14.0. The Morgan fingerprint density at radius 3 is 3.00 bits per heavy atom. The smallest absolute Gasteiger partial charge is 0.265 e. The first-order valence-corrected chi connectivity index (χ1v) is 5.26. The zero-order valence-corrected chi connectivity index (χ0v) is 9.12. The predicted molar refractivity (Wildman–Crippen MR) is 62.6 cm³/mol. The Labute approximate surface area is 93.4 Å². The van der Waals surface area contributed by atoms with Crippen molar-refractivity contribution in [3.05, 3.63) is 30.0 Å². The highest BCUT2D eigenvalue weighted by Crippen LogP contribution is 2.26. The van der Waals surface area contributed by atoms with E-state index >= 15 is 0 Å². The molecule has 0 unspecified atom stereocenters. The Bertz CT molecular complexity index is 517. The first-order chi connectivity index (χ1) is 7.72. The van der Waals surface area contributed by atoms with E-state index in [1.54, 1.807) is 6.07 Å². The lowest BCUT2D eigenvalue weighted by atomic mass is 10.2. The Morgan fingerprint density at radius 1 is 1.50 bits per heavy atom. The number of primary amides is 1. The van der Waals surface area contributed by atoms with Crippen molar-refractivity contribution in [3.8, 4) is 5.75 Å². The molecule has 0 radical (unpaired) electrons. The molecule has 0 aliphatic rings. The molecular weight excluding hydrogens is 204 g/mol. The highest BCUT2D eigenvalue weighted by atomic mass is 16.5. The van der Waals surface area contributed by atoms with Gasteiger partial charge in [0.25, 0.3) is 5.91 Å². The van der Waals surface area contributed by atoms with Gasteiger partial charge in [0.2, 0.25) is 0 Å². The zero-order valence-electron chi connectivity index (χ0n) is 9.12. The maximum atomic E-state index is 11.0. The van der Waals surface area contributed by atoms with E-state index in [1.807, 2.05) is 25.1 Å². The first-order valence-electron chi connectivity index (χ1n) is 5.26. The molecule has 4 nitrogen and oxygen atoms in total. The number of rotatable bonds is 4. The lowest BCUT2D eigenvalue weighted by Crippen LogP contribution is -2.10. The van der Waals surface area contributed by atoms with Crippen LogP contribution in [-0.2, 0) is 0 Å². The number of amides is 1. The molecule has 1 aromatic carbocycles. The number of hydrogen-bond acceptors (Lipinski definition) is 2. The van der Waals surface area contributed by atoms with Crippen LogP contribution in [0.1, 0.15) is 23.8 Å². The molecule has 0 aliphatic carbocycles. The quantitative estimate of drug-likeness (QED) is 0.824. The van der Waals surface area contributed by atoms with E-state index in [0.29, 0.717) is 12.3 Å². The fraction of sp³-hybridized carbons (Fsp3) is 0.250. The van der Waals surface area contributed by atoms with Crippen LogP contribution in [0.25, 0.3) is 10.9 Å². The second-order valence-electron chi connectivity index (χ2n) is 3.61. The molecule has 2 rings (SSSR count). The van der Waals surface area contributed by atoms with Gasteiger partial charge in [0, 0.05) is 10.9 Å². The van der Waals surface area contributed by atoms with Crippen molar-refractivity contribution in [1.82, 2.24) is 4.98 Å². The summed E-state index contributed by atoms with van der Waals surface area (Å²) in [6, 6.07) is 7.38. The Kier molecular flexibility index (Phi) is 2.81. The van der Waals surface area contributed by atoms with Crippen LogP contribution in [0.15, 0.2) is 24.3 Å². The van der Waals surface area contributed by atoms with Crippen LogP contribution in [0.4, 0.5) is 0 Å². The lowest BCUT2D eigenvalue weighted by molar-refractivity contribution is 0.0996. The third-order valence-corrected chi connectivity index (χ3v) is 2.35. The maximum Gasteiger partial charge on any atom is 0.265 e. The minimum absolute atomic E-state index is 0.405. The molecule has 0 saturated heterocycles. The third-order valence-electron chi connectivity index (χ3n) is 2.35. The molecular formula is C12H14N2O2. The fourth-order valence-electron chi connectivity index (χ4n) is 1.60. The predicted octanol–water partition coefficient (Wildman–Crippen LogP) is 2.06. The normalized spacial score (nSPS) is 10.6. The van der Waals surface area contributed by atoms with Gasteiger partial charge < -0.3 is 15.5 Å². The number of hydrogen-bond donors (Lipinski definition) is 2. The summed E-state index contributed by atoms with van der Waals surface area (Å²) in [5.74, 6) is 0.320. The minimum atomic E-state index is -0.461. The van der Waals surface area contributed by atoms with Gasteiger partial charge >= 0.3 is 0 Å². The van der Waals surface area contributed by atoms with Crippen molar-refractivity contribution in [2.75, 3.05) is 6.61 Å². The SMILES string of the molecule is CCCOc1cccc2[nH]c(C(N)=O)cc12. The van der Waals surface area contributed by atoms with E-state index in [2.05, 4.69) is 4.98 Å². The average Bonchev–Trinajstić information content (AvgIpc) is 2.70. The Morgan fingerprint density at radius 2 is 2.31 bits per heavy atom. The van der Waals surface area contributed by atoms with Crippen LogP contribution < -0.4 is 10.5 Å². The van der Waals surface area contributed by atoms with E-state index < -0.39 is 5.91 Å². The standard InChI is InChI=1S/C12H14N2O2/c1-2-6-16-11-5-3-4-9-8(11)7-10(14-9)12(13)15/h3-5,7,14H,2,6H2,1H3,(H2,13,15). The molecule has 1 heterocycles. The van der Waals surface area contributed by atoms with E-state index in [-0.39, 0.29) is 0 Å². The van der Waals surface area contributed by atoms with Crippen molar-refractivity contribution in [1.29, 1.82) is 0 Å². The van der Waals surface area contributed by atoms with E-state index in [9.17, 15) is 4.79 Å². The number of ether oxygens (including phenoxy) is 1. The molecule has 0 saturated carbocycles. The monoisotopic (exact) mass is 218 g/mol. The number of carbonyl (C=O) groups is 1. The van der Waals surface area contributed by atoms with Gasteiger partial charge in [0.15, 0.2) is 0 Å². The molecule has 0 bridgehead atoms. The van der Waals surface area contributed by atoms with Crippen molar-refractivity contribution in [2.24, 2.45) is 5.73 Å². The Balaban J connectivity index is 2.45. The Hall–Kier alpha value is -1.97. The molecule has 0 spiro atoms. The van der Waals surface area contributed by atoms with Crippen LogP contribution in [0.5, 0.6) is 5.75 Å². The van der Waals surface area contributed by atoms with Crippen LogP contribution in [0.3, 0.4) is 0 Å². The van der Waals surface area contributed by atoms with Crippen molar-refractivity contribution in [3.63, 3.8) is 0 Å². The fourth-order valence-corrected chi connectivity index (χ4v) is 1.60. The van der Waals surface area contributed by atoms with Gasteiger partial charge in [-0.3, -0.25) is 4.79 Å². The van der Waals surface area contributed by atoms with Gasteiger partial charge in [-0.05, 0) is 24.6 Å². The zero-order chi connectivity index (χ0) is 11.5. The van der Waals surface area contributed by atoms with Gasteiger partial charge in [-0.2, -0.15) is 0 Å². The van der Waals surface area contributed by atoms with Crippen LogP contribution in [0, 0.1) is 0 Å². The molecule has 0 atom stereocenters. The van der Waals surface area contributed by atoms with Gasteiger partial charge in [-0.1, -0.05) is 13.0 Å². The molecule has 84 valence electrons. The van der Waals surface area contributed by atoms with Crippen molar-refractivity contribution in [2.45, 2.75) is 13.3 Å². The lowest BCUT2D eigenvalue weighted by Gasteiger charge is -2.04. The molecule has 4 heteroatoms. The van der Waals surface area contributed by atoms with Gasteiger partial charge in [0.05, 0.1) is 6.61 Å². The van der Waals surface area contributed by atoms with E-state index in [4.69, 9.17) is 10.5 Å². The van der Waals surface area contributed by atoms with Gasteiger partial charge in [-0.15, -0.1) is 0 Å². The molecule has 1 aromatic heterocycles. The van der Waals surface area contributed by atoms with Gasteiger partial charge in [0.1, 0.15) is 11.4 Å². The summed E-state index contributed by atoms with van der Waals surface area (Å²) >= 11 is 0. The molecule has 3 N–H and O–H groups in total. The van der Waals surface area contributed by atoms with E-state index in [1.165, 1.54) is 0 Å². The summed E-state index contributed by atoms with van der Waals surface area (Å²) in [5.41, 5.74) is 6.49. The molecule has 1 amide bonds. The number of aromatic amines is 1. The number of H-pyrrole nitrogens is 1. The average molecular weight is 218 g/mol. The minimum Gasteiger partial charge on any atom is -0.493 e. The second-order valence-corrected chi connectivity index (χ2v) is 3.61. The number of nitrogens with two attached hydrogens (primary N) is 1. The number of nitrogens with one attached hydrogen (secondary N) is 1. The molecule has 2 aromatic rings. The summed E-state index contributed by atoms with van der Waals surface area (Å²) in [6.07, 6.45) is 0.948. The topological polar surface area (TPSA) is 68.1 Å². The molecule has 0 fully saturated rings. The van der Waals surface area contributed by atoms with Crippen LogP contribution >= 0.6 is 0 Å². The highest BCUT2D eigenvalue weighted by Gasteiger charge is 2.09. The summed E-state index contributed by atoms with van der Waals surface area (Å²) in [6.45, 7) is 2.71. The second kappa shape index (κ2) is 4.26. The number of fused-ring (bicyclic) bond motifs is 1. The van der Waals surface area contributed by atoms with E-state index in [0.717, 1.165) is 23.1 Å². The largest absolute Gasteiger partial charge is 0.493 e.